The van der Waals surface area contributed by atoms with Crippen molar-refractivity contribution in [2.45, 2.75) is 11.3 Å². The van der Waals surface area contributed by atoms with Gasteiger partial charge < -0.3 is 10.1 Å². The van der Waals surface area contributed by atoms with Crippen LogP contribution < -0.4 is 10.1 Å². The fourth-order valence-corrected chi connectivity index (χ4v) is 3.99. The summed E-state index contributed by atoms with van der Waals surface area (Å²) in [6.07, 6.45) is 2.07. The fourth-order valence-electron chi connectivity index (χ4n) is 2.50. The van der Waals surface area contributed by atoms with Gasteiger partial charge >= 0.3 is 0 Å². The topological polar surface area (TPSA) is 75.7 Å². The molecule has 28 heavy (non-hydrogen) atoms. The molecule has 0 bridgehead atoms. The van der Waals surface area contributed by atoms with Crippen LogP contribution in [0.1, 0.15) is 5.56 Å². The monoisotopic (exact) mass is 422 g/mol. The van der Waals surface area contributed by atoms with E-state index in [0.29, 0.717) is 18.0 Å². The largest absolute Gasteiger partial charge is 0.497 e. The minimum absolute atomic E-state index is 0.0247. The first-order chi connectivity index (χ1) is 13.4. The van der Waals surface area contributed by atoms with Crippen molar-refractivity contribution < 1.29 is 17.9 Å². The Bertz CT molecular complexity index is 897. The predicted octanol–water partition coefficient (Wildman–Crippen LogP) is 2.88. The van der Waals surface area contributed by atoms with Crippen LogP contribution in [0, 0.1) is 0 Å². The summed E-state index contributed by atoms with van der Waals surface area (Å²) < 4.78 is 31.7. The van der Waals surface area contributed by atoms with Crippen molar-refractivity contribution in [2.24, 2.45) is 0 Å². The molecule has 1 N–H and O–H groups in total. The summed E-state index contributed by atoms with van der Waals surface area (Å²) in [5.74, 6) is 0.383. The maximum atomic E-state index is 12.8. The van der Waals surface area contributed by atoms with Gasteiger partial charge in [0.05, 0.1) is 18.6 Å². The molecular formula is C20H23ClN2O4S. The van der Waals surface area contributed by atoms with Crippen molar-refractivity contribution in [1.29, 1.82) is 0 Å². The van der Waals surface area contributed by atoms with Crippen molar-refractivity contribution >= 4 is 27.5 Å². The number of methoxy groups -OCH3 is 1. The van der Waals surface area contributed by atoms with E-state index in [4.69, 9.17) is 16.3 Å². The molecule has 1 amide bonds. The first kappa shape index (κ1) is 21.9. The number of benzene rings is 2. The van der Waals surface area contributed by atoms with E-state index in [1.807, 2.05) is 24.3 Å². The SMILES string of the molecule is C=CCN(CC(=O)NCCc1ccc(OC)cc1)S(=O)(=O)c1ccc(Cl)cc1. The van der Waals surface area contributed by atoms with Gasteiger partial charge in [0.25, 0.3) is 0 Å². The predicted molar refractivity (Wildman–Crippen MR) is 110 cm³/mol. The first-order valence-electron chi connectivity index (χ1n) is 8.63. The lowest BCUT2D eigenvalue weighted by atomic mass is 10.1. The second-order valence-electron chi connectivity index (χ2n) is 5.99. The van der Waals surface area contributed by atoms with Gasteiger partial charge in [-0.2, -0.15) is 4.31 Å². The van der Waals surface area contributed by atoms with Gasteiger partial charge in [0, 0.05) is 18.1 Å². The van der Waals surface area contributed by atoms with Crippen molar-refractivity contribution in [3.05, 3.63) is 71.8 Å². The van der Waals surface area contributed by atoms with Gasteiger partial charge in [-0.25, -0.2) is 8.42 Å². The number of ether oxygens (including phenoxy) is 1. The zero-order valence-corrected chi connectivity index (χ0v) is 17.2. The summed E-state index contributed by atoms with van der Waals surface area (Å²) in [4.78, 5) is 12.3. The van der Waals surface area contributed by atoms with Crippen LogP contribution in [0.5, 0.6) is 5.75 Å². The Hall–Kier alpha value is -2.35. The van der Waals surface area contributed by atoms with Crippen molar-refractivity contribution in [3.8, 4) is 5.75 Å². The van der Waals surface area contributed by atoms with E-state index in [0.717, 1.165) is 15.6 Å². The van der Waals surface area contributed by atoms with Gasteiger partial charge in [0.15, 0.2) is 0 Å². The quantitative estimate of drug-likeness (QED) is 0.597. The molecule has 0 saturated heterocycles. The highest BCUT2D eigenvalue weighted by molar-refractivity contribution is 7.89. The molecule has 0 radical (unpaired) electrons. The number of hydrogen-bond acceptors (Lipinski definition) is 4. The van der Waals surface area contributed by atoms with Crippen LogP contribution in [0.15, 0.2) is 66.1 Å². The standard InChI is InChI=1S/C20H23ClN2O4S/c1-3-14-23(28(25,26)19-10-6-17(21)7-11-19)15-20(24)22-13-12-16-4-8-18(27-2)9-5-16/h3-11H,1,12-15H2,2H3,(H,22,24). The van der Waals surface area contributed by atoms with Crippen LogP contribution in [0.4, 0.5) is 0 Å². The number of carbonyl (C=O) groups excluding carboxylic acids is 1. The summed E-state index contributed by atoms with van der Waals surface area (Å²) in [5, 5.41) is 3.19. The molecule has 0 saturated carbocycles. The van der Waals surface area contributed by atoms with Gasteiger partial charge in [-0.3, -0.25) is 4.79 Å². The fraction of sp³-hybridized carbons (Fsp3) is 0.250. The first-order valence-corrected chi connectivity index (χ1v) is 10.4. The Kier molecular flexibility index (Phi) is 8.04. The van der Waals surface area contributed by atoms with Crippen LogP contribution >= 0.6 is 11.6 Å². The number of rotatable bonds is 10. The van der Waals surface area contributed by atoms with E-state index in [1.165, 1.54) is 30.3 Å². The highest BCUT2D eigenvalue weighted by Gasteiger charge is 2.25. The number of amides is 1. The van der Waals surface area contributed by atoms with Crippen LogP contribution in [0.3, 0.4) is 0 Å². The Morgan fingerprint density at radius 2 is 1.82 bits per heavy atom. The second kappa shape index (κ2) is 10.3. The molecule has 0 unspecified atom stereocenters. The lowest BCUT2D eigenvalue weighted by molar-refractivity contribution is -0.121. The molecule has 0 heterocycles. The number of sulfonamides is 1. The van der Waals surface area contributed by atoms with Crippen molar-refractivity contribution in [2.75, 3.05) is 26.7 Å². The Labute approximate surface area is 170 Å². The molecule has 0 aliphatic carbocycles. The summed E-state index contributed by atoms with van der Waals surface area (Å²) in [6.45, 7) is 3.71. The van der Waals surface area contributed by atoms with Crippen LogP contribution in [-0.4, -0.2) is 45.4 Å². The van der Waals surface area contributed by atoms with Crippen molar-refractivity contribution in [3.63, 3.8) is 0 Å². The number of hydrogen-bond donors (Lipinski definition) is 1. The van der Waals surface area contributed by atoms with E-state index in [9.17, 15) is 13.2 Å². The Morgan fingerprint density at radius 1 is 1.18 bits per heavy atom. The molecule has 0 aliphatic rings. The molecule has 8 heteroatoms. The van der Waals surface area contributed by atoms with Crippen LogP contribution in [0.2, 0.25) is 5.02 Å². The summed E-state index contributed by atoms with van der Waals surface area (Å²) in [5.41, 5.74) is 1.04. The molecule has 2 aromatic rings. The third kappa shape index (κ3) is 6.09. The maximum Gasteiger partial charge on any atom is 0.243 e. The molecule has 2 rings (SSSR count). The second-order valence-corrected chi connectivity index (χ2v) is 8.36. The van der Waals surface area contributed by atoms with Gasteiger partial charge in [-0.15, -0.1) is 6.58 Å². The third-order valence-corrected chi connectivity index (χ3v) is 6.08. The lowest BCUT2D eigenvalue weighted by Crippen LogP contribution is -2.41. The van der Waals surface area contributed by atoms with E-state index in [2.05, 4.69) is 11.9 Å². The number of nitrogens with one attached hydrogen (secondary N) is 1. The van der Waals surface area contributed by atoms with E-state index < -0.39 is 10.0 Å². The zero-order valence-electron chi connectivity index (χ0n) is 15.6. The minimum Gasteiger partial charge on any atom is -0.497 e. The van der Waals surface area contributed by atoms with E-state index >= 15 is 0 Å². The van der Waals surface area contributed by atoms with Gasteiger partial charge in [0.1, 0.15) is 5.75 Å². The molecule has 2 aromatic carbocycles. The van der Waals surface area contributed by atoms with Gasteiger partial charge in [0.2, 0.25) is 15.9 Å². The molecule has 6 nitrogen and oxygen atoms in total. The normalized spacial score (nSPS) is 11.2. The maximum absolute atomic E-state index is 12.8. The molecule has 150 valence electrons. The highest BCUT2D eigenvalue weighted by atomic mass is 35.5. The summed E-state index contributed by atoms with van der Waals surface area (Å²) in [6, 6.07) is 13.3. The van der Waals surface area contributed by atoms with Gasteiger partial charge in [-0.05, 0) is 48.4 Å². The number of halogens is 1. The molecule has 0 fully saturated rings. The smallest absolute Gasteiger partial charge is 0.243 e. The average Bonchev–Trinajstić information content (AvgIpc) is 2.68. The summed E-state index contributed by atoms with van der Waals surface area (Å²) in [7, 11) is -2.23. The number of carbonyl (C=O) groups is 1. The molecule has 0 spiro atoms. The van der Waals surface area contributed by atoms with Crippen LogP contribution in [-0.2, 0) is 21.2 Å². The van der Waals surface area contributed by atoms with E-state index in [1.54, 1.807) is 7.11 Å². The highest BCUT2D eigenvalue weighted by Crippen LogP contribution is 2.18. The summed E-state index contributed by atoms with van der Waals surface area (Å²) >= 11 is 5.82. The van der Waals surface area contributed by atoms with Crippen LogP contribution in [0.25, 0.3) is 0 Å². The number of nitrogens with zero attached hydrogens (tertiary/aromatic N) is 1. The van der Waals surface area contributed by atoms with Crippen molar-refractivity contribution in [1.82, 2.24) is 9.62 Å². The lowest BCUT2D eigenvalue weighted by Gasteiger charge is -2.20. The zero-order chi connectivity index (χ0) is 20.6. The molecule has 0 aromatic heterocycles. The average molecular weight is 423 g/mol. The Balaban J connectivity index is 1.95. The Morgan fingerprint density at radius 3 is 2.39 bits per heavy atom. The molecular weight excluding hydrogens is 400 g/mol. The molecule has 0 atom stereocenters. The third-order valence-electron chi connectivity index (χ3n) is 4.00. The van der Waals surface area contributed by atoms with Gasteiger partial charge in [-0.1, -0.05) is 29.8 Å². The molecule has 0 aliphatic heterocycles. The minimum atomic E-state index is -3.83. The van der Waals surface area contributed by atoms with E-state index in [-0.39, 0.29) is 23.9 Å².